The van der Waals surface area contributed by atoms with Crippen molar-refractivity contribution >= 4 is 29.9 Å². The quantitative estimate of drug-likeness (QED) is 0.308. The van der Waals surface area contributed by atoms with Gasteiger partial charge in [-0.15, -0.1) is 24.0 Å². The Bertz CT molecular complexity index is 604. The van der Waals surface area contributed by atoms with E-state index < -0.39 is 0 Å². The molecule has 2 rings (SSSR count). The average molecular weight is 504 g/mol. The Balaban J connectivity index is 0.00000392. The number of ether oxygens (including phenoxy) is 2. The molecular weight excluding hydrogens is 467 g/mol. The third-order valence-electron chi connectivity index (χ3n) is 4.98. The zero-order valence-corrected chi connectivity index (χ0v) is 20.3. The second-order valence-electron chi connectivity index (χ2n) is 7.48. The fourth-order valence-corrected chi connectivity index (χ4v) is 2.91. The summed E-state index contributed by atoms with van der Waals surface area (Å²) >= 11 is 0. The molecular formula is C21H37IN4O2. The van der Waals surface area contributed by atoms with Crippen LogP contribution in [-0.4, -0.2) is 63.4 Å². The second kappa shape index (κ2) is 13.2. The van der Waals surface area contributed by atoms with Gasteiger partial charge in [-0.05, 0) is 52.3 Å². The van der Waals surface area contributed by atoms with Crippen LogP contribution < -0.4 is 15.4 Å². The van der Waals surface area contributed by atoms with Gasteiger partial charge in [-0.2, -0.15) is 0 Å². The summed E-state index contributed by atoms with van der Waals surface area (Å²) in [6.45, 7) is 10.4. The summed E-state index contributed by atoms with van der Waals surface area (Å²) in [6.07, 6.45) is 2.43. The van der Waals surface area contributed by atoms with Crippen LogP contribution in [0, 0.1) is 6.92 Å². The van der Waals surface area contributed by atoms with Crippen molar-refractivity contribution in [2.75, 3.05) is 40.4 Å². The fourth-order valence-electron chi connectivity index (χ4n) is 2.91. The van der Waals surface area contributed by atoms with Crippen molar-refractivity contribution in [1.82, 2.24) is 15.5 Å². The molecule has 28 heavy (non-hydrogen) atoms. The summed E-state index contributed by atoms with van der Waals surface area (Å²) in [5.41, 5.74) is 2.32. The van der Waals surface area contributed by atoms with Crippen molar-refractivity contribution in [2.45, 2.75) is 52.3 Å². The highest BCUT2D eigenvalue weighted by Gasteiger charge is 2.17. The van der Waals surface area contributed by atoms with Gasteiger partial charge in [0.25, 0.3) is 0 Å². The molecule has 2 N–H and O–H groups in total. The molecule has 1 aromatic rings. The topological polar surface area (TPSA) is 58.1 Å². The SMILES string of the molecule is CN=C(NCCN(C)C(C)C)NCc1ccc(C)cc1OCC1CCCO1.I. The van der Waals surface area contributed by atoms with Crippen molar-refractivity contribution in [3.8, 4) is 5.75 Å². The number of halogens is 1. The van der Waals surface area contributed by atoms with Gasteiger partial charge >= 0.3 is 0 Å². The fraction of sp³-hybridized carbons (Fsp3) is 0.667. The lowest BCUT2D eigenvalue weighted by Gasteiger charge is -2.22. The number of aryl methyl sites for hydroxylation is 1. The summed E-state index contributed by atoms with van der Waals surface area (Å²) in [5.74, 6) is 1.73. The minimum absolute atomic E-state index is 0. The highest BCUT2D eigenvalue weighted by molar-refractivity contribution is 14.0. The van der Waals surface area contributed by atoms with E-state index in [1.165, 1.54) is 5.56 Å². The van der Waals surface area contributed by atoms with Crippen LogP contribution in [0.3, 0.4) is 0 Å². The summed E-state index contributed by atoms with van der Waals surface area (Å²) in [7, 11) is 3.93. The third-order valence-corrected chi connectivity index (χ3v) is 4.98. The van der Waals surface area contributed by atoms with E-state index in [4.69, 9.17) is 9.47 Å². The van der Waals surface area contributed by atoms with Gasteiger partial charge in [0.15, 0.2) is 5.96 Å². The lowest BCUT2D eigenvalue weighted by molar-refractivity contribution is 0.0676. The summed E-state index contributed by atoms with van der Waals surface area (Å²) in [6, 6.07) is 6.87. The zero-order valence-electron chi connectivity index (χ0n) is 18.0. The van der Waals surface area contributed by atoms with Crippen LogP contribution in [0.2, 0.25) is 0 Å². The summed E-state index contributed by atoms with van der Waals surface area (Å²) < 4.78 is 11.7. The molecule has 1 heterocycles. The molecule has 0 saturated carbocycles. The van der Waals surface area contributed by atoms with E-state index in [1.54, 1.807) is 7.05 Å². The summed E-state index contributed by atoms with van der Waals surface area (Å²) in [4.78, 5) is 6.62. The van der Waals surface area contributed by atoms with Crippen molar-refractivity contribution in [3.63, 3.8) is 0 Å². The lowest BCUT2D eigenvalue weighted by Crippen LogP contribution is -2.41. The number of nitrogens with one attached hydrogen (secondary N) is 2. The molecule has 6 nitrogen and oxygen atoms in total. The van der Waals surface area contributed by atoms with Crippen LogP contribution in [-0.2, 0) is 11.3 Å². The van der Waals surface area contributed by atoms with Crippen LogP contribution in [0.25, 0.3) is 0 Å². The first-order chi connectivity index (χ1) is 13.0. The van der Waals surface area contributed by atoms with E-state index in [2.05, 4.69) is 66.5 Å². The first kappa shape index (κ1) is 25.0. The van der Waals surface area contributed by atoms with Crippen LogP contribution in [0.5, 0.6) is 5.75 Å². The van der Waals surface area contributed by atoms with Gasteiger partial charge < -0.3 is 25.0 Å². The molecule has 0 spiro atoms. The molecule has 0 aromatic heterocycles. The average Bonchev–Trinajstić information content (AvgIpc) is 3.17. The Hall–Kier alpha value is -1.06. The number of hydrogen-bond donors (Lipinski definition) is 2. The third kappa shape index (κ3) is 8.53. The van der Waals surface area contributed by atoms with Crippen LogP contribution >= 0.6 is 24.0 Å². The molecule has 1 unspecified atom stereocenters. The minimum Gasteiger partial charge on any atom is -0.491 e. The highest BCUT2D eigenvalue weighted by atomic mass is 127. The van der Waals surface area contributed by atoms with E-state index in [1.807, 2.05) is 0 Å². The van der Waals surface area contributed by atoms with Gasteiger partial charge in [-0.3, -0.25) is 4.99 Å². The molecule has 1 fully saturated rings. The first-order valence-electron chi connectivity index (χ1n) is 9.98. The molecule has 0 bridgehead atoms. The van der Waals surface area contributed by atoms with E-state index in [9.17, 15) is 0 Å². The van der Waals surface area contributed by atoms with Crippen molar-refractivity contribution in [1.29, 1.82) is 0 Å². The molecule has 1 aromatic carbocycles. The van der Waals surface area contributed by atoms with Gasteiger partial charge in [-0.1, -0.05) is 12.1 Å². The van der Waals surface area contributed by atoms with Crippen LogP contribution in [0.15, 0.2) is 23.2 Å². The number of guanidine groups is 1. The van der Waals surface area contributed by atoms with Crippen molar-refractivity contribution < 1.29 is 9.47 Å². The summed E-state index contributed by atoms with van der Waals surface area (Å²) in [5, 5.41) is 6.76. The Morgan fingerprint density at radius 2 is 2.14 bits per heavy atom. The Labute approximate surface area is 187 Å². The van der Waals surface area contributed by atoms with E-state index >= 15 is 0 Å². The van der Waals surface area contributed by atoms with E-state index in [0.717, 1.165) is 49.8 Å². The normalized spacial score (nSPS) is 17.0. The number of benzene rings is 1. The number of aliphatic imine (C=N–C) groups is 1. The Kier molecular flexibility index (Phi) is 11.8. The molecule has 7 heteroatoms. The van der Waals surface area contributed by atoms with E-state index in [-0.39, 0.29) is 30.1 Å². The van der Waals surface area contributed by atoms with Crippen LogP contribution in [0.1, 0.15) is 37.8 Å². The van der Waals surface area contributed by atoms with Gasteiger partial charge in [0, 0.05) is 44.9 Å². The predicted octanol–water partition coefficient (Wildman–Crippen LogP) is 3.18. The molecule has 1 atom stereocenters. The number of nitrogens with zero attached hydrogens (tertiary/aromatic N) is 2. The lowest BCUT2D eigenvalue weighted by atomic mass is 10.1. The molecule has 1 aliphatic rings. The van der Waals surface area contributed by atoms with Gasteiger partial charge in [0.2, 0.25) is 0 Å². The second-order valence-corrected chi connectivity index (χ2v) is 7.48. The van der Waals surface area contributed by atoms with Crippen molar-refractivity contribution in [3.05, 3.63) is 29.3 Å². The maximum absolute atomic E-state index is 6.07. The minimum atomic E-state index is 0. The van der Waals surface area contributed by atoms with Gasteiger partial charge in [0.05, 0.1) is 6.10 Å². The maximum Gasteiger partial charge on any atom is 0.191 e. The number of hydrogen-bond acceptors (Lipinski definition) is 4. The maximum atomic E-state index is 6.07. The Morgan fingerprint density at radius 1 is 1.36 bits per heavy atom. The van der Waals surface area contributed by atoms with E-state index in [0.29, 0.717) is 19.2 Å². The largest absolute Gasteiger partial charge is 0.491 e. The van der Waals surface area contributed by atoms with Gasteiger partial charge in [0.1, 0.15) is 12.4 Å². The Morgan fingerprint density at radius 3 is 2.79 bits per heavy atom. The smallest absolute Gasteiger partial charge is 0.191 e. The first-order valence-corrected chi connectivity index (χ1v) is 9.98. The number of likely N-dealkylation sites (N-methyl/N-ethyl adjacent to an activating group) is 1. The number of rotatable bonds is 9. The van der Waals surface area contributed by atoms with Crippen molar-refractivity contribution in [2.24, 2.45) is 4.99 Å². The molecule has 1 aliphatic heterocycles. The monoisotopic (exact) mass is 504 g/mol. The molecule has 160 valence electrons. The molecule has 0 radical (unpaired) electrons. The molecule has 1 saturated heterocycles. The van der Waals surface area contributed by atoms with Gasteiger partial charge in [-0.25, -0.2) is 0 Å². The highest BCUT2D eigenvalue weighted by Crippen LogP contribution is 2.22. The zero-order chi connectivity index (χ0) is 19.6. The standard InChI is InChI=1S/C21H36N4O2.HI/c1-16(2)25(5)11-10-23-21(22-4)24-14-18-9-8-17(3)13-20(18)27-15-19-7-6-12-26-19;/h8-9,13,16,19H,6-7,10-12,14-15H2,1-5H3,(H2,22,23,24);1H. The molecule has 0 aliphatic carbocycles. The van der Waals surface area contributed by atoms with Crippen LogP contribution in [0.4, 0.5) is 0 Å². The predicted molar refractivity (Wildman–Crippen MR) is 127 cm³/mol. The molecule has 0 amide bonds.